The lowest BCUT2D eigenvalue weighted by atomic mass is 9.63. The van der Waals surface area contributed by atoms with E-state index in [2.05, 4.69) is 20.8 Å². The molecule has 3 aliphatic carbocycles. The Morgan fingerprint density at radius 2 is 1.65 bits per heavy atom. The molecule has 3 aliphatic rings. The molecule has 3 rings (SSSR count). The second kappa shape index (κ2) is 3.08. The van der Waals surface area contributed by atoms with E-state index in [9.17, 15) is 10.2 Å². The van der Waals surface area contributed by atoms with Crippen molar-refractivity contribution in [1.82, 2.24) is 0 Å². The molecule has 0 saturated heterocycles. The average molecular weight is 238 g/mol. The molecule has 98 valence electrons. The Morgan fingerprint density at radius 1 is 1.00 bits per heavy atom. The Morgan fingerprint density at radius 3 is 2.29 bits per heavy atom. The second-order valence-corrected chi connectivity index (χ2v) is 7.79. The van der Waals surface area contributed by atoms with E-state index in [1.54, 1.807) is 0 Å². The van der Waals surface area contributed by atoms with Gasteiger partial charge in [-0.25, -0.2) is 0 Å². The van der Waals surface area contributed by atoms with E-state index in [0.717, 1.165) is 12.8 Å². The molecular formula is C15H26O2. The fraction of sp³-hybridized carbons (Fsp3) is 1.00. The zero-order valence-electron chi connectivity index (χ0n) is 11.5. The van der Waals surface area contributed by atoms with Gasteiger partial charge in [0, 0.05) is 0 Å². The first-order valence-electron chi connectivity index (χ1n) is 7.13. The van der Waals surface area contributed by atoms with Gasteiger partial charge in [-0.2, -0.15) is 0 Å². The molecule has 0 amide bonds. The Balaban J connectivity index is 2.10. The van der Waals surface area contributed by atoms with Crippen LogP contribution in [0.2, 0.25) is 0 Å². The fourth-order valence-corrected chi connectivity index (χ4v) is 5.86. The predicted molar refractivity (Wildman–Crippen MR) is 67.5 cm³/mol. The molecule has 1 unspecified atom stereocenters. The molecule has 2 nitrogen and oxygen atoms in total. The molecule has 0 radical (unpaired) electrons. The van der Waals surface area contributed by atoms with Crippen molar-refractivity contribution in [2.75, 3.05) is 0 Å². The predicted octanol–water partition coefficient (Wildman–Crippen LogP) is 2.58. The normalized spacial score (nSPS) is 60.4. The molecular weight excluding hydrogens is 212 g/mol. The molecule has 17 heavy (non-hydrogen) atoms. The van der Waals surface area contributed by atoms with Crippen molar-refractivity contribution in [2.45, 2.75) is 65.1 Å². The number of hydrogen-bond acceptors (Lipinski definition) is 2. The van der Waals surface area contributed by atoms with Gasteiger partial charge in [0.2, 0.25) is 0 Å². The third-order valence-corrected chi connectivity index (χ3v) is 6.90. The molecule has 0 heterocycles. The highest BCUT2D eigenvalue weighted by Gasteiger charge is 2.70. The summed E-state index contributed by atoms with van der Waals surface area (Å²) in [7, 11) is 0. The molecule has 3 saturated carbocycles. The average Bonchev–Trinajstić information content (AvgIpc) is 2.61. The summed E-state index contributed by atoms with van der Waals surface area (Å²) in [5.41, 5.74) is -0.402. The van der Waals surface area contributed by atoms with Gasteiger partial charge >= 0.3 is 0 Å². The van der Waals surface area contributed by atoms with Gasteiger partial charge < -0.3 is 10.2 Å². The number of fused-ring (bicyclic) bond motifs is 1. The maximum atomic E-state index is 10.7. The van der Waals surface area contributed by atoms with Crippen molar-refractivity contribution in [3.63, 3.8) is 0 Å². The molecule has 0 aromatic rings. The van der Waals surface area contributed by atoms with Crippen LogP contribution in [0.4, 0.5) is 0 Å². The third kappa shape index (κ3) is 1.19. The van der Waals surface area contributed by atoms with Gasteiger partial charge in [-0.05, 0) is 61.2 Å². The summed E-state index contributed by atoms with van der Waals surface area (Å²) >= 11 is 0. The van der Waals surface area contributed by atoms with E-state index in [1.165, 1.54) is 12.8 Å². The molecule has 2 N–H and O–H groups in total. The summed E-state index contributed by atoms with van der Waals surface area (Å²) in [6.45, 7) is 8.83. The SMILES string of the molecule is C[C@@H]1CC[C@H]2C(C)(C)[C@H]3CC12C[C@@H](O)[C@@]3(C)O. The molecule has 0 aromatic carbocycles. The van der Waals surface area contributed by atoms with E-state index >= 15 is 0 Å². The minimum Gasteiger partial charge on any atom is -0.390 e. The molecule has 1 spiro atoms. The number of aliphatic hydroxyl groups excluding tert-OH is 1. The van der Waals surface area contributed by atoms with Crippen molar-refractivity contribution in [3.8, 4) is 0 Å². The smallest absolute Gasteiger partial charge is 0.0911 e. The summed E-state index contributed by atoms with van der Waals surface area (Å²) in [5, 5.41) is 21.0. The number of rotatable bonds is 0. The van der Waals surface area contributed by atoms with E-state index in [-0.39, 0.29) is 11.3 Å². The highest BCUT2D eigenvalue weighted by molar-refractivity contribution is 5.19. The quantitative estimate of drug-likeness (QED) is 0.681. The largest absolute Gasteiger partial charge is 0.390 e. The highest BCUT2D eigenvalue weighted by atomic mass is 16.3. The van der Waals surface area contributed by atoms with Gasteiger partial charge in [0.1, 0.15) is 0 Å². The minimum absolute atomic E-state index is 0.172. The van der Waals surface area contributed by atoms with Gasteiger partial charge in [-0.1, -0.05) is 20.8 Å². The summed E-state index contributed by atoms with van der Waals surface area (Å²) in [6, 6.07) is 0. The molecule has 3 fully saturated rings. The van der Waals surface area contributed by atoms with Crippen LogP contribution < -0.4 is 0 Å². The summed E-state index contributed by atoms with van der Waals surface area (Å²) < 4.78 is 0. The zero-order valence-corrected chi connectivity index (χ0v) is 11.5. The molecule has 2 heteroatoms. The van der Waals surface area contributed by atoms with Crippen LogP contribution in [-0.4, -0.2) is 21.9 Å². The van der Waals surface area contributed by atoms with E-state index in [4.69, 9.17) is 0 Å². The fourth-order valence-electron chi connectivity index (χ4n) is 5.86. The lowest BCUT2D eigenvalue weighted by molar-refractivity contribution is -0.153. The van der Waals surface area contributed by atoms with E-state index in [0.29, 0.717) is 17.3 Å². The maximum Gasteiger partial charge on any atom is 0.0911 e. The van der Waals surface area contributed by atoms with Gasteiger partial charge in [-0.15, -0.1) is 0 Å². The van der Waals surface area contributed by atoms with Gasteiger partial charge in [-0.3, -0.25) is 0 Å². The van der Waals surface area contributed by atoms with Crippen molar-refractivity contribution in [1.29, 1.82) is 0 Å². The molecule has 0 aromatic heterocycles. The van der Waals surface area contributed by atoms with Gasteiger partial charge in [0.25, 0.3) is 0 Å². The van der Waals surface area contributed by atoms with Crippen LogP contribution in [0.25, 0.3) is 0 Å². The van der Waals surface area contributed by atoms with E-state index in [1.807, 2.05) is 6.92 Å². The van der Waals surface area contributed by atoms with Crippen LogP contribution in [0.15, 0.2) is 0 Å². The van der Waals surface area contributed by atoms with Crippen molar-refractivity contribution < 1.29 is 10.2 Å². The Labute approximate surface area is 104 Å². The summed E-state index contributed by atoms with van der Waals surface area (Å²) in [5.74, 6) is 1.66. The minimum atomic E-state index is -0.890. The molecule has 6 atom stereocenters. The van der Waals surface area contributed by atoms with Gasteiger partial charge in [0.05, 0.1) is 11.7 Å². The maximum absolute atomic E-state index is 10.7. The van der Waals surface area contributed by atoms with Crippen molar-refractivity contribution >= 4 is 0 Å². The van der Waals surface area contributed by atoms with E-state index < -0.39 is 11.7 Å². The number of hydrogen-bond donors (Lipinski definition) is 2. The lowest BCUT2D eigenvalue weighted by Crippen LogP contribution is -2.53. The molecule has 0 aliphatic heterocycles. The first kappa shape index (κ1) is 12.0. The van der Waals surface area contributed by atoms with Crippen LogP contribution in [0.1, 0.15) is 53.4 Å². The monoisotopic (exact) mass is 238 g/mol. The van der Waals surface area contributed by atoms with Crippen LogP contribution in [0.5, 0.6) is 0 Å². The van der Waals surface area contributed by atoms with Crippen LogP contribution in [0, 0.1) is 28.6 Å². The Hall–Kier alpha value is -0.0800. The van der Waals surface area contributed by atoms with Gasteiger partial charge in [0.15, 0.2) is 0 Å². The van der Waals surface area contributed by atoms with Crippen molar-refractivity contribution in [3.05, 3.63) is 0 Å². The standard InChI is InChI=1S/C15H26O2/c1-9-5-6-10-13(2,3)11-7-15(9,10)8-12(16)14(11,4)17/h9-12,16-17H,5-8H2,1-4H3/t9-,10+,11-,12-,14+,15?/m1/s1. The Bertz CT molecular complexity index is 347. The molecule has 2 bridgehead atoms. The summed E-state index contributed by atoms with van der Waals surface area (Å²) in [4.78, 5) is 0. The lowest BCUT2D eigenvalue weighted by Gasteiger charge is -2.47. The Kier molecular flexibility index (Phi) is 2.17. The van der Waals surface area contributed by atoms with Crippen molar-refractivity contribution in [2.24, 2.45) is 28.6 Å². The highest BCUT2D eigenvalue weighted by Crippen LogP contribution is 2.73. The second-order valence-electron chi connectivity index (χ2n) is 7.79. The van der Waals surface area contributed by atoms with Crippen LogP contribution >= 0.6 is 0 Å². The first-order valence-corrected chi connectivity index (χ1v) is 7.13. The van der Waals surface area contributed by atoms with Crippen LogP contribution in [-0.2, 0) is 0 Å². The van der Waals surface area contributed by atoms with Crippen LogP contribution in [0.3, 0.4) is 0 Å². The first-order chi connectivity index (χ1) is 7.73. The third-order valence-electron chi connectivity index (χ3n) is 6.90. The topological polar surface area (TPSA) is 40.5 Å². The summed E-state index contributed by atoms with van der Waals surface area (Å²) in [6.07, 6.45) is 3.98. The zero-order chi connectivity index (χ0) is 12.6. The number of aliphatic hydroxyl groups is 2.